The van der Waals surface area contributed by atoms with Crippen molar-refractivity contribution in [3.05, 3.63) is 52.0 Å². The van der Waals surface area contributed by atoms with E-state index in [-0.39, 0.29) is 18.3 Å². The van der Waals surface area contributed by atoms with Crippen LogP contribution in [0.5, 0.6) is 17.2 Å². The van der Waals surface area contributed by atoms with Gasteiger partial charge in [-0.2, -0.15) is 5.10 Å². The number of carboxylic acid groups (broad SMARTS) is 1. The molecular formula is C26H32BrN3O7. The highest BCUT2D eigenvalue weighted by molar-refractivity contribution is 9.10. The van der Waals surface area contributed by atoms with Crippen LogP contribution in [0.2, 0.25) is 0 Å². The van der Waals surface area contributed by atoms with Gasteiger partial charge in [0.25, 0.3) is 11.8 Å². The SMILES string of the molecule is CCOc1cc(/C=N\NC(=O)[C@@H](CC(C)C)NC(=O)COc2ccccc2C)cc(Br)c1OCC(=O)O. The molecule has 1 atom stereocenters. The summed E-state index contributed by atoms with van der Waals surface area (Å²) in [7, 11) is 0. The number of carboxylic acids is 1. The molecular weight excluding hydrogens is 546 g/mol. The predicted octanol–water partition coefficient (Wildman–Crippen LogP) is 3.68. The summed E-state index contributed by atoms with van der Waals surface area (Å²) in [5.41, 5.74) is 3.93. The van der Waals surface area contributed by atoms with Gasteiger partial charge < -0.3 is 24.6 Å². The fourth-order valence-electron chi connectivity index (χ4n) is 3.25. The standard InChI is InChI=1S/C26H32BrN3O7/c1-5-35-22-12-18(11-19(27)25(22)37-15-24(32)33)13-28-30-26(34)20(10-16(2)3)29-23(31)14-36-21-9-7-6-8-17(21)4/h6-9,11-13,16,20H,5,10,14-15H2,1-4H3,(H,29,31)(H,30,34)(H,32,33)/b28-13-/t20-/m1/s1. The molecule has 200 valence electrons. The van der Waals surface area contributed by atoms with Gasteiger partial charge in [-0.1, -0.05) is 32.0 Å². The van der Waals surface area contributed by atoms with Crippen LogP contribution in [0.1, 0.15) is 38.3 Å². The zero-order valence-electron chi connectivity index (χ0n) is 21.2. The molecule has 0 fully saturated rings. The fourth-order valence-corrected chi connectivity index (χ4v) is 3.82. The third-order valence-corrected chi connectivity index (χ3v) is 5.46. The fraction of sp³-hybridized carbons (Fsp3) is 0.385. The van der Waals surface area contributed by atoms with Crippen molar-refractivity contribution in [1.29, 1.82) is 0 Å². The number of aliphatic carboxylic acids is 1. The van der Waals surface area contributed by atoms with Crippen molar-refractivity contribution < 1.29 is 33.7 Å². The Labute approximate surface area is 224 Å². The number of para-hydroxylation sites is 1. The number of aryl methyl sites for hydroxylation is 1. The van der Waals surface area contributed by atoms with Crippen molar-refractivity contribution in [2.24, 2.45) is 11.0 Å². The Balaban J connectivity index is 2.04. The van der Waals surface area contributed by atoms with Crippen molar-refractivity contribution >= 4 is 39.9 Å². The number of hydrogen-bond donors (Lipinski definition) is 3. The van der Waals surface area contributed by atoms with Crippen LogP contribution in [-0.4, -0.2) is 55.0 Å². The second kappa shape index (κ2) is 14.8. The summed E-state index contributed by atoms with van der Waals surface area (Å²) in [4.78, 5) is 36.1. The van der Waals surface area contributed by atoms with E-state index < -0.39 is 30.4 Å². The number of nitrogens with one attached hydrogen (secondary N) is 2. The molecule has 0 aliphatic carbocycles. The minimum absolute atomic E-state index is 0.139. The van der Waals surface area contributed by atoms with E-state index in [0.717, 1.165) is 5.56 Å². The van der Waals surface area contributed by atoms with Gasteiger partial charge in [0.2, 0.25) is 0 Å². The molecule has 2 aromatic rings. The number of rotatable bonds is 14. The average Bonchev–Trinajstić information content (AvgIpc) is 2.82. The van der Waals surface area contributed by atoms with Gasteiger partial charge in [-0.25, -0.2) is 10.2 Å². The Morgan fingerprint density at radius 1 is 1.08 bits per heavy atom. The summed E-state index contributed by atoms with van der Waals surface area (Å²) in [6.45, 7) is 7.14. The van der Waals surface area contributed by atoms with E-state index in [9.17, 15) is 14.4 Å². The lowest BCUT2D eigenvalue weighted by atomic mass is 10.0. The van der Waals surface area contributed by atoms with Gasteiger partial charge in [0.1, 0.15) is 11.8 Å². The summed E-state index contributed by atoms with van der Waals surface area (Å²) in [5.74, 6) is -0.700. The lowest BCUT2D eigenvalue weighted by Gasteiger charge is -2.19. The van der Waals surface area contributed by atoms with Gasteiger partial charge in [-0.3, -0.25) is 9.59 Å². The van der Waals surface area contributed by atoms with E-state index in [0.29, 0.717) is 34.6 Å². The molecule has 2 rings (SSSR count). The minimum atomic E-state index is -1.12. The first-order valence-corrected chi connectivity index (χ1v) is 12.5. The zero-order chi connectivity index (χ0) is 27.4. The maximum Gasteiger partial charge on any atom is 0.341 e. The van der Waals surface area contributed by atoms with Gasteiger partial charge >= 0.3 is 5.97 Å². The Morgan fingerprint density at radius 2 is 1.81 bits per heavy atom. The normalized spacial score (nSPS) is 11.7. The number of nitrogens with zero attached hydrogens (tertiary/aromatic N) is 1. The molecule has 0 spiro atoms. The van der Waals surface area contributed by atoms with Crippen LogP contribution in [0.25, 0.3) is 0 Å². The quantitative estimate of drug-likeness (QED) is 0.230. The molecule has 0 aliphatic rings. The van der Waals surface area contributed by atoms with Gasteiger partial charge in [-0.15, -0.1) is 0 Å². The van der Waals surface area contributed by atoms with Gasteiger partial charge in [0, 0.05) is 0 Å². The van der Waals surface area contributed by atoms with Crippen molar-refractivity contribution in [2.45, 2.75) is 40.2 Å². The van der Waals surface area contributed by atoms with Crippen molar-refractivity contribution in [2.75, 3.05) is 19.8 Å². The Hall–Kier alpha value is -3.60. The molecule has 0 unspecified atom stereocenters. The number of hydrogen-bond acceptors (Lipinski definition) is 7. The maximum atomic E-state index is 12.8. The van der Waals surface area contributed by atoms with E-state index >= 15 is 0 Å². The van der Waals surface area contributed by atoms with E-state index in [2.05, 4.69) is 31.8 Å². The second-order valence-corrected chi connectivity index (χ2v) is 9.34. The van der Waals surface area contributed by atoms with Crippen molar-refractivity contribution in [1.82, 2.24) is 10.7 Å². The van der Waals surface area contributed by atoms with Gasteiger partial charge in [-0.05, 0) is 71.4 Å². The minimum Gasteiger partial charge on any atom is -0.490 e. The molecule has 0 aromatic heterocycles. The monoisotopic (exact) mass is 577 g/mol. The van der Waals surface area contributed by atoms with Crippen LogP contribution in [0.3, 0.4) is 0 Å². The molecule has 0 saturated carbocycles. The molecule has 0 heterocycles. The van der Waals surface area contributed by atoms with Gasteiger partial charge in [0.05, 0.1) is 17.3 Å². The average molecular weight is 578 g/mol. The number of amides is 2. The van der Waals surface area contributed by atoms with Crippen molar-refractivity contribution in [3.8, 4) is 17.2 Å². The first-order chi connectivity index (χ1) is 17.6. The molecule has 37 heavy (non-hydrogen) atoms. The summed E-state index contributed by atoms with van der Waals surface area (Å²) in [6.07, 6.45) is 1.81. The van der Waals surface area contributed by atoms with Crippen LogP contribution < -0.4 is 25.0 Å². The third kappa shape index (κ3) is 10.1. The molecule has 11 heteroatoms. The lowest BCUT2D eigenvalue weighted by molar-refractivity contribution is -0.139. The summed E-state index contributed by atoms with van der Waals surface area (Å²) in [5, 5.41) is 15.6. The van der Waals surface area contributed by atoms with Gasteiger partial charge in [0.15, 0.2) is 24.7 Å². The van der Waals surface area contributed by atoms with Crippen molar-refractivity contribution in [3.63, 3.8) is 0 Å². The highest BCUT2D eigenvalue weighted by atomic mass is 79.9. The third-order valence-electron chi connectivity index (χ3n) is 4.87. The number of halogens is 1. The number of hydrazone groups is 1. The first kappa shape index (κ1) is 29.6. The predicted molar refractivity (Wildman–Crippen MR) is 142 cm³/mol. The molecule has 10 nitrogen and oxygen atoms in total. The highest BCUT2D eigenvalue weighted by Gasteiger charge is 2.22. The number of carbonyl (C=O) groups is 3. The maximum absolute atomic E-state index is 12.8. The van der Waals surface area contributed by atoms with E-state index in [1.165, 1.54) is 6.21 Å². The molecule has 0 aliphatic heterocycles. The number of benzene rings is 2. The zero-order valence-corrected chi connectivity index (χ0v) is 22.8. The van der Waals surface area contributed by atoms with Crippen LogP contribution in [0.15, 0.2) is 46.0 Å². The largest absolute Gasteiger partial charge is 0.490 e. The van der Waals surface area contributed by atoms with Crippen LogP contribution in [0, 0.1) is 12.8 Å². The summed E-state index contributed by atoms with van der Waals surface area (Å²) in [6, 6.07) is 9.80. The van der Waals surface area contributed by atoms with Crippen LogP contribution in [-0.2, 0) is 14.4 Å². The molecule has 2 aromatic carbocycles. The summed E-state index contributed by atoms with van der Waals surface area (Å²) >= 11 is 3.35. The molecule has 0 bridgehead atoms. The molecule has 0 radical (unpaired) electrons. The van der Waals surface area contributed by atoms with E-state index in [4.69, 9.17) is 19.3 Å². The Morgan fingerprint density at radius 3 is 2.46 bits per heavy atom. The topological polar surface area (TPSA) is 136 Å². The van der Waals surface area contributed by atoms with E-state index in [1.54, 1.807) is 25.1 Å². The second-order valence-electron chi connectivity index (χ2n) is 8.48. The first-order valence-electron chi connectivity index (χ1n) is 11.7. The summed E-state index contributed by atoms with van der Waals surface area (Å²) < 4.78 is 16.9. The smallest absolute Gasteiger partial charge is 0.341 e. The highest BCUT2D eigenvalue weighted by Crippen LogP contribution is 2.36. The van der Waals surface area contributed by atoms with Crippen LogP contribution in [0.4, 0.5) is 0 Å². The number of ether oxygens (including phenoxy) is 3. The lowest BCUT2D eigenvalue weighted by Crippen LogP contribution is -2.47. The molecule has 3 N–H and O–H groups in total. The van der Waals surface area contributed by atoms with E-state index in [1.807, 2.05) is 39.0 Å². The Bertz CT molecular complexity index is 1120. The Kier molecular flexibility index (Phi) is 11.9. The van der Waals surface area contributed by atoms with Crippen LogP contribution >= 0.6 is 15.9 Å². The molecule has 0 saturated heterocycles. The molecule has 2 amide bonds. The number of carbonyl (C=O) groups excluding carboxylic acids is 2.